The van der Waals surface area contributed by atoms with E-state index in [0.717, 1.165) is 17.8 Å². The van der Waals surface area contributed by atoms with Crippen molar-refractivity contribution < 1.29 is 0 Å². The summed E-state index contributed by atoms with van der Waals surface area (Å²) >= 11 is 0. The quantitative estimate of drug-likeness (QED) is 0.288. The minimum absolute atomic E-state index is 1.04. The van der Waals surface area contributed by atoms with Crippen LogP contribution in [0.15, 0.2) is 109 Å². The molecule has 1 nitrogen and oxygen atoms in total. The van der Waals surface area contributed by atoms with Crippen molar-refractivity contribution in [3.63, 3.8) is 0 Å². The van der Waals surface area contributed by atoms with E-state index >= 15 is 0 Å². The molecule has 0 atom stereocenters. The van der Waals surface area contributed by atoms with Crippen molar-refractivity contribution in [3.05, 3.63) is 115 Å². The SMILES string of the molecule is CCc1ccc2c(N(c3ccccc3)c3ccccc3)cc3ccccc3c2c1. The van der Waals surface area contributed by atoms with Gasteiger partial charge in [0, 0.05) is 16.8 Å². The highest BCUT2D eigenvalue weighted by Crippen LogP contribution is 2.41. The van der Waals surface area contributed by atoms with Gasteiger partial charge >= 0.3 is 0 Å². The van der Waals surface area contributed by atoms with Crippen LogP contribution in [0.2, 0.25) is 0 Å². The third kappa shape index (κ3) is 3.15. The molecule has 5 rings (SSSR count). The van der Waals surface area contributed by atoms with E-state index in [1.54, 1.807) is 0 Å². The van der Waals surface area contributed by atoms with Crippen LogP contribution in [0.5, 0.6) is 0 Å². The lowest BCUT2D eigenvalue weighted by Crippen LogP contribution is -2.10. The fourth-order valence-corrected chi connectivity index (χ4v) is 4.12. The summed E-state index contributed by atoms with van der Waals surface area (Å²) in [7, 11) is 0. The fourth-order valence-electron chi connectivity index (χ4n) is 4.12. The molecule has 140 valence electrons. The number of hydrogen-bond donors (Lipinski definition) is 0. The summed E-state index contributed by atoms with van der Waals surface area (Å²) in [6.45, 7) is 2.22. The Balaban J connectivity index is 1.87. The lowest BCUT2D eigenvalue weighted by Gasteiger charge is -2.27. The van der Waals surface area contributed by atoms with Gasteiger partial charge in [0.2, 0.25) is 0 Å². The monoisotopic (exact) mass is 373 g/mol. The Morgan fingerprint density at radius 3 is 1.83 bits per heavy atom. The lowest BCUT2D eigenvalue weighted by atomic mass is 9.96. The normalized spacial score (nSPS) is 11.1. The number of aryl methyl sites for hydroxylation is 1. The van der Waals surface area contributed by atoms with Gasteiger partial charge in [-0.05, 0) is 58.5 Å². The minimum atomic E-state index is 1.04. The molecule has 5 aromatic carbocycles. The largest absolute Gasteiger partial charge is 0.310 e. The molecule has 0 spiro atoms. The number of benzene rings is 5. The molecular formula is C28H23N. The van der Waals surface area contributed by atoms with E-state index in [1.165, 1.54) is 32.8 Å². The van der Waals surface area contributed by atoms with Crippen LogP contribution in [0.25, 0.3) is 21.5 Å². The van der Waals surface area contributed by atoms with Crippen LogP contribution in [-0.4, -0.2) is 0 Å². The first-order chi connectivity index (χ1) is 14.3. The van der Waals surface area contributed by atoms with Gasteiger partial charge in [-0.25, -0.2) is 0 Å². The van der Waals surface area contributed by atoms with Gasteiger partial charge in [-0.15, -0.1) is 0 Å². The Kier molecular flexibility index (Phi) is 4.50. The van der Waals surface area contributed by atoms with Crippen molar-refractivity contribution in [2.24, 2.45) is 0 Å². The van der Waals surface area contributed by atoms with Gasteiger partial charge in [0.1, 0.15) is 0 Å². The number of rotatable bonds is 4. The summed E-state index contributed by atoms with van der Waals surface area (Å²) in [5.74, 6) is 0. The van der Waals surface area contributed by atoms with Gasteiger partial charge < -0.3 is 4.90 Å². The van der Waals surface area contributed by atoms with E-state index in [1.807, 2.05) is 0 Å². The average Bonchev–Trinajstić information content (AvgIpc) is 2.80. The highest BCUT2D eigenvalue weighted by molar-refractivity contribution is 6.14. The maximum absolute atomic E-state index is 2.36. The molecule has 0 bridgehead atoms. The van der Waals surface area contributed by atoms with Gasteiger partial charge in [0.25, 0.3) is 0 Å². The summed E-state index contributed by atoms with van der Waals surface area (Å²) in [5, 5.41) is 5.16. The van der Waals surface area contributed by atoms with Crippen LogP contribution in [0.3, 0.4) is 0 Å². The van der Waals surface area contributed by atoms with Gasteiger partial charge in [-0.1, -0.05) is 85.8 Å². The average molecular weight is 373 g/mol. The third-order valence-electron chi connectivity index (χ3n) is 5.58. The first-order valence-corrected chi connectivity index (χ1v) is 10.2. The zero-order valence-corrected chi connectivity index (χ0v) is 16.5. The molecule has 0 aliphatic carbocycles. The molecule has 5 aromatic rings. The van der Waals surface area contributed by atoms with Gasteiger partial charge in [0.15, 0.2) is 0 Å². The molecule has 0 radical (unpaired) electrons. The highest BCUT2D eigenvalue weighted by atomic mass is 15.1. The Hall–Kier alpha value is -3.58. The number of fused-ring (bicyclic) bond motifs is 3. The Labute approximate surface area is 171 Å². The molecule has 0 saturated carbocycles. The van der Waals surface area contributed by atoms with Crippen molar-refractivity contribution in [1.29, 1.82) is 0 Å². The predicted molar refractivity (Wildman–Crippen MR) is 126 cm³/mol. The number of nitrogens with zero attached hydrogens (tertiary/aromatic N) is 1. The van der Waals surface area contributed by atoms with Gasteiger partial charge in [-0.3, -0.25) is 0 Å². The van der Waals surface area contributed by atoms with E-state index in [4.69, 9.17) is 0 Å². The van der Waals surface area contributed by atoms with Crippen LogP contribution in [0.4, 0.5) is 17.1 Å². The van der Waals surface area contributed by atoms with Crippen molar-refractivity contribution in [1.82, 2.24) is 0 Å². The van der Waals surface area contributed by atoms with E-state index in [2.05, 4.69) is 121 Å². The minimum Gasteiger partial charge on any atom is -0.310 e. The number of para-hydroxylation sites is 2. The van der Waals surface area contributed by atoms with E-state index in [0.29, 0.717) is 0 Å². The smallest absolute Gasteiger partial charge is 0.0546 e. The lowest BCUT2D eigenvalue weighted by molar-refractivity contribution is 1.15. The summed E-state index contributed by atoms with van der Waals surface area (Å²) in [4.78, 5) is 2.36. The molecule has 0 aromatic heterocycles. The van der Waals surface area contributed by atoms with Crippen molar-refractivity contribution in [2.45, 2.75) is 13.3 Å². The zero-order valence-electron chi connectivity index (χ0n) is 16.5. The fraction of sp³-hybridized carbons (Fsp3) is 0.0714. The molecule has 0 unspecified atom stereocenters. The number of hydrogen-bond acceptors (Lipinski definition) is 1. The van der Waals surface area contributed by atoms with Crippen LogP contribution in [0.1, 0.15) is 12.5 Å². The first kappa shape index (κ1) is 17.5. The van der Waals surface area contributed by atoms with Crippen molar-refractivity contribution in [2.75, 3.05) is 4.90 Å². The summed E-state index contributed by atoms with van der Waals surface area (Å²) < 4.78 is 0. The second-order valence-electron chi connectivity index (χ2n) is 7.36. The van der Waals surface area contributed by atoms with Crippen molar-refractivity contribution >= 4 is 38.6 Å². The van der Waals surface area contributed by atoms with E-state index in [9.17, 15) is 0 Å². The number of anilines is 3. The van der Waals surface area contributed by atoms with E-state index in [-0.39, 0.29) is 0 Å². The molecule has 1 heteroatoms. The summed E-state index contributed by atoms with van der Waals surface area (Å²) in [6.07, 6.45) is 1.04. The van der Waals surface area contributed by atoms with Crippen molar-refractivity contribution in [3.8, 4) is 0 Å². The highest BCUT2D eigenvalue weighted by Gasteiger charge is 2.16. The molecule has 0 saturated heterocycles. The molecule has 0 heterocycles. The Morgan fingerprint density at radius 1 is 0.552 bits per heavy atom. The topological polar surface area (TPSA) is 3.24 Å². The standard InChI is InChI=1S/C28H23N/c1-2-21-17-18-26-27(19-21)25-16-10-9-11-22(25)20-28(26)29(23-12-5-3-6-13-23)24-14-7-4-8-15-24/h3-20H,2H2,1H3. The molecule has 0 N–H and O–H groups in total. The maximum Gasteiger partial charge on any atom is 0.0546 e. The van der Waals surface area contributed by atoms with Gasteiger partial charge in [0.05, 0.1) is 5.69 Å². The molecule has 0 fully saturated rings. The molecule has 0 amide bonds. The third-order valence-corrected chi connectivity index (χ3v) is 5.58. The van der Waals surface area contributed by atoms with Crippen LogP contribution >= 0.6 is 0 Å². The Bertz CT molecular complexity index is 1230. The van der Waals surface area contributed by atoms with Crippen LogP contribution < -0.4 is 4.90 Å². The molecule has 0 aliphatic heterocycles. The molecule has 0 aliphatic rings. The second kappa shape index (κ2) is 7.44. The Morgan fingerprint density at radius 2 is 1.17 bits per heavy atom. The van der Waals surface area contributed by atoms with Crippen LogP contribution in [0, 0.1) is 0 Å². The van der Waals surface area contributed by atoms with E-state index < -0.39 is 0 Å². The first-order valence-electron chi connectivity index (χ1n) is 10.2. The maximum atomic E-state index is 2.36. The predicted octanol–water partition coefficient (Wildman–Crippen LogP) is 8.03. The second-order valence-corrected chi connectivity index (χ2v) is 7.36. The van der Waals surface area contributed by atoms with Gasteiger partial charge in [-0.2, -0.15) is 0 Å². The zero-order chi connectivity index (χ0) is 19.6. The van der Waals surface area contributed by atoms with Crippen LogP contribution in [-0.2, 0) is 6.42 Å². The summed E-state index contributed by atoms with van der Waals surface area (Å²) in [6, 6.07) is 39.2. The summed E-state index contributed by atoms with van der Waals surface area (Å²) in [5.41, 5.74) is 4.90. The molecular weight excluding hydrogens is 350 g/mol. The molecule has 29 heavy (non-hydrogen) atoms.